The van der Waals surface area contributed by atoms with Crippen LogP contribution >= 0.6 is 15.9 Å². The fourth-order valence-corrected chi connectivity index (χ4v) is 2.87. The lowest BCUT2D eigenvalue weighted by molar-refractivity contribution is -0.139. The smallest absolute Gasteiger partial charge is 0.305 e. The van der Waals surface area contributed by atoms with Crippen molar-refractivity contribution >= 4 is 27.8 Å². The molecular weight excluding hydrogens is 330 g/mol. The minimum Gasteiger partial charge on any atom is -0.481 e. The van der Waals surface area contributed by atoms with Gasteiger partial charge in [0.1, 0.15) is 0 Å². The molecule has 1 aliphatic heterocycles. The molecular formula is C13H16BrNO5. The molecule has 1 aromatic heterocycles. The molecule has 0 aliphatic carbocycles. The van der Waals surface area contributed by atoms with Crippen LogP contribution in [0.1, 0.15) is 35.4 Å². The van der Waals surface area contributed by atoms with E-state index in [4.69, 9.17) is 14.3 Å². The van der Waals surface area contributed by atoms with Crippen LogP contribution in [0.3, 0.4) is 0 Å². The number of amides is 1. The molecule has 6 nitrogen and oxygen atoms in total. The zero-order chi connectivity index (χ0) is 14.8. The van der Waals surface area contributed by atoms with E-state index in [2.05, 4.69) is 21.2 Å². The lowest BCUT2D eigenvalue weighted by Crippen LogP contribution is -2.53. The highest BCUT2D eigenvalue weighted by Crippen LogP contribution is 2.26. The molecule has 1 aromatic rings. The van der Waals surface area contributed by atoms with Crippen molar-refractivity contribution < 1.29 is 23.8 Å². The quantitative estimate of drug-likeness (QED) is 0.872. The first kappa shape index (κ1) is 15.1. The number of rotatable bonds is 4. The third kappa shape index (κ3) is 3.40. The number of carboxylic acids is 1. The summed E-state index contributed by atoms with van der Waals surface area (Å²) in [5.41, 5.74) is -0.0701. The van der Waals surface area contributed by atoms with Crippen LogP contribution in [0.25, 0.3) is 0 Å². The first-order valence-corrected chi connectivity index (χ1v) is 7.09. The maximum Gasteiger partial charge on any atom is 0.305 e. The summed E-state index contributed by atoms with van der Waals surface area (Å²) < 4.78 is 11.0. The summed E-state index contributed by atoms with van der Waals surface area (Å²) in [6.07, 6.45) is 0.834. The van der Waals surface area contributed by atoms with Gasteiger partial charge < -0.3 is 19.6 Å². The van der Waals surface area contributed by atoms with Crippen LogP contribution in [0.5, 0.6) is 0 Å². The molecule has 0 unspecified atom stereocenters. The van der Waals surface area contributed by atoms with Crippen molar-refractivity contribution in [1.29, 1.82) is 0 Å². The fraction of sp³-hybridized carbons (Fsp3) is 0.538. The van der Waals surface area contributed by atoms with Crippen LogP contribution in [-0.4, -0.2) is 35.7 Å². The summed E-state index contributed by atoms with van der Waals surface area (Å²) >= 11 is 3.17. The summed E-state index contributed by atoms with van der Waals surface area (Å²) in [6.45, 7) is 2.64. The first-order valence-electron chi connectivity index (χ1n) is 6.30. The number of hydrogen-bond acceptors (Lipinski definition) is 4. The zero-order valence-corrected chi connectivity index (χ0v) is 12.7. The molecule has 20 heavy (non-hydrogen) atoms. The number of hydrogen-bond donors (Lipinski definition) is 2. The lowest BCUT2D eigenvalue weighted by Gasteiger charge is -2.36. The predicted octanol–water partition coefficient (Wildman–Crippen LogP) is 2.10. The Morgan fingerprint density at radius 1 is 1.45 bits per heavy atom. The summed E-state index contributed by atoms with van der Waals surface area (Å²) in [5.74, 6) is -1.13. The van der Waals surface area contributed by atoms with E-state index in [0.717, 1.165) is 0 Å². The summed E-state index contributed by atoms with van der Waals surface area (Å²) in [5, 5.41) is 11.9. The number of carboxylic acid groups (broad SMARTS) is 1. The highest BCUT2D eigenvalue weighted by molar-refractivity contribution is 9.10. The Morgan fingerprint density at radius 3 is 2.60 bits per heavy atom. The molecule has 0 aromatic carbocycles. The lowest BCUT2D eigenvalue weighted by atomic mass is 9.86. The molecule has 1 fully saturated rings. The van der Waals surface area contributed by atoms with Crippen molar-refractivity contribution in [1.82, 2.24) is 5.32 Å². The van der Waals surface area contributed by atoms with Gasteiger partial charge in [0.15, 0.2) is 10.4 Å². The van der Waals surface area contributed by atoms with E-state index in [1.54, 1.807) is 13.0 Å². The van der Waals surface area contributed by atoms with Gasteiger partial charge in [0.25, 0.3) is 5.91 Å². The van der Waals surface area contributed by atoms with Gasteiger partial charge >= 0.3 is 5.97 Å². The van der Waals surface area contributed by atoms with Gasteiger partial charge in [-0.05, 0) is 41.8 Å². The number of carbonyl (C=O) groups is 2. The molecule has 2 rings (SSSR count). The van der Waals surface area contributed by atoms with E-state index in [0.29, 0.717) is 36.3 Å². The van der Waals surface area contributed by atoms with Crippen LogP contribution in [0, 0.1) is 6.92 Å². The Labute approximate surface area is 124 Å². The van der Waals surface area contributed by atoms with E-state index in [1.165, 1.54) is 0 Å². The SMILES string of the molecule is Cc1cc(Br)oc1C(=O)NC1(CC(=O)O)CCOCC1. The van der Waals surface area contributed by atoms with E-state index in [-0.39, 0.29) is 12.2 Å². The molecule has 0 bridgehead atoms. The molecule has 110 valence electrons. The van der Waals surface area contributed by atoms with Crippen molar-refractivity contribution in [2.75, 3.05) is 13.2 Å². The van der Waals surface area contributed by atoms with E-state index >= 15 is 0 Å². The van der Waals surface area contributed by atoms with Gasteiger partial charge in [0, 0.05) is 18.8 Å². The maximum atomic E-state index is 12.3. The molecule has 0 atom stereocenters. The van der Waals surface area contributed by atoms with Gasteiger partial charge in [-0.2, -0.15) is 0 Å². The number of furan rings is 1. The monoisotopic (exact) mass is 345 g/mol. The number of aliphatic carboxylic acids is 1. The average molecular weight is 346 g/mol. The largest absolute Gasteiger partial charge is 0.481 e. The van der Waals surface area contributed by atoms with E-state index in [1.807, 2.05) is 0 Å². The van der Waals surface area contributed by atoms with Gasteiger partial charge in [-0.3, -0.25) is 9.59 Å². The molecule has 0 radical (unpaired) electrons. The highest BCUT2D eigenvalue weighted by atomic mass is 79.9. The minimum absolute atomic E-state index is 0.122. The zero-order valence-electron chi connectivity index (χ0n) is 11.1. The number of aryl methyl sites for hydroxylation is 1. The number of halogens is 1. The molecule has 1 amide bonds. The van der Waals surface area contributed by atoms with Crippen LogP contribution in [0.15, 0.2) is 15.2 Å². The highest BCUT2D eigenvalue weighted by Gasteiger charge is 2.37. The standard InChI is InChI=1S/C13H16BrNO5/c1-8-6-9(14)20-11(8)12(18)15-13(7-10(16)17)2-4-19-5-3-13/h6H,2-5,7H2,1H3,(H,15,18)(H,16,17). The van der Waals surface area contributed by atoms with Crippen LogP contribution in [0.4, 0.5) is 0 Å². The molecule has 0 saturated carbocycles. The second-order valence-electron chi connectivity index (χ2n) is 4.98. The van der Waals surface area contributed by atoms with Gasteiger partial charge in [0.05, 0.1) is 12.0 Å². The van der Waals surface area contributed by atoms with Crippen molar-refractivity contribution in [3.05, 3.63) is 22.1 Å². The molecule has 2 heterocycles. The van der Waals surface area contributed by atoms with Crippen molar-refractivity contribution in [3.63, 3.8) is 0 Å². The average Bonchev–Trinajstić information content (AvgIpc) is 2.68. The molecule has 0 spiro atoms. The summed E-state index contributed by atoms with van der Waals surface area (Å²) in [7, 11) is 0. The Hall–Kier alpha value is -1.34. The molecule has 2 N–H and O–H groups in total. The van der Waals surface area contributed by atoms with Gasteiger partial charge in [-0.15, -0.1) is 0 Å². The second-order valence-corrected chi connectivity index (χ2v) is 5.76. The van der Waals surface area contributed by atoms with Crippen molar-refractivity contribution in [2.24, 2.45) is 0 Å². The predicted molar refractivity (Wildman–Crippen MR) is 73.6 cm³/mol. The maximum absolute atomic E-state index is 12.3. The van der Waals surface area contributed by atoms with Crippen molar-refractivity contribution in [2.45, 2.75) is 31.7 Å². The topological polar surface area (TPSA) is 88.8 Å². The van der Waals surface area contributed by atoms with E-state index < -0.39 is 17.4 Å². The third-order valence-corrected chi connectivity index (χ3v) is 3.80. The Morgan fingerprint density at radius 2 is 2.10 bits per heavy atom. The van der Waals surface area contributed by atoms with Crippen molar-refractivity contribution in [3.8, 4) is 0 Å². The minimum atomic E-state index is -0.940. The molecule has 7 heteroatoms. The van der Waals surface area contributed by atoms with Crippen LogP contribution in [-0.2, 0) is 9.53 Å². The normalized spacial score (nSPS) is 17.7. The van der Waals surface area contributed by atoms with Crippen LogP contribution < -0.4 is 5.32 Å². The number of carbonyl (C=O) groups excluding carboxylic acids is 1. The fourth-order valence-electron chi connectivity index (χ4n) is 2.36. The third-order valence-electron chi connectivity index (χ3n) is 3.41. The summed E-state index contributed by atoms with van der Waals surface area (Å²) in [4.78, 5) is 23.3. The number of nitrogens with one attached hydrogen (secondary N) is 1. The number of ether oxygens (including phenoxy) is 1. The molecule has 1 aliphatic rings. The van der Waals surface area contributed by atoms with Gasteiger partial charge in [-0.1, -0.05) is 0 Å². The Bertz CT molecular complexity index is 519. The van der Waals surface area contributed by atoms with Gasteiger partial charge in [0.2, 0.25) is 0 Å². The second kappa shape index (κ2) is 5.97. The van der Waals surface area contributed by atoms with Gasteiger partial charge in [-0.25, -0.2) is 0 Å². The summed E-state index contributed by atoms with van der Waals surface area (Å²) in [6, 6.07) is 1.70. The Kier molecular flexibility index (Phi) is 4.49. The Balaban J connectivity index is 2.17. The first-order chi connectivity index (χ1) is 9.42. The van der Waals surface area contributed by atoms with E-state index in [9.17, 15) is 9.59 Å². The van der Waals surface area contributed by atoms with Crippen LogP contribution in [0.2, 0.25) is 0 Å². The molecule has 1 saturated heterocycles.